The van der Waals surface area contributed by atoms with E-state index >= 15 is 0 Å². The van der Waals surface area contributed by atoms with E-state index in [-0.39, 0.29) is 6.54 Å². The van der Waals surface area contributed by atoms with Crippen molar-refractivity contribution in [2.24, 2.45) is 5.73 Å². The number of nitrogens with zero attached hydrogens (tertiary/aromatic N) is 2. The molecule has 1 aliphatic rings. The van der Waals surface area contributed by atoms with Crippen molar-refractivity contribution in [1.29, 1.82) is 0 Å². The van der Waals surface area contributed by atoms with Crippen LogP contribution in [-0.2, 0) is 0 Å². The van der Waals surface area contributed by atoms with Crippen LogP contribution in [0.4, 0.5) is 4.39 Å². The van der Waals surface area contributed by atoms with E-state index in [1.165, 1.54) is 0 Å². The fraction of sp³-hybridized carbons (Fsp3) is 0.471. The number of piperidine rings is 1. The number of methoxy groups -OCH3 is 1. The molecule has 6 heteroatoms. The normalized spacial score (nSPS) is 23.8. The summed E-state index contributed by atoms with van der Waals surface area (Å²) in [5.74, 6) is 0.715. The maximum Gasteiger partial charge on any atom is 0.128 e. The van der Waals surface area contributed by atoms with Crippen LogP contribution < -0.4 is 10.5 Å². The molecule has 0 spiro atoms. The third kappa shape index (κ3) is 3.44. The summed E-state index contributed by atoms with van der Waals surface area (Å²) in [7, 11) is 1.60. The summed E-state index contributed by atoms with van der Waals surface area (Å²) in [6, 6.07) is 6.97. The molecule has 1 saturated heterocycles. The third-order valence-electron chi connectivity index (χ3n) is 4.45. The van der Waals surface area contributed by atoms with Gasteiger partial charge in [0.1, 0.15) is 11.9 Å². The number of nitrogens with two attached hydrogens (primary N) is 1. The fourth-order valence-electron chi connectivity index (χ4n) is 3.06. The summed E-state index contributed by atoms with van der Waals surface area (Å²) in [6.45, 7) is 1.35. The van der Waals surface area contributed by atoms with E-state index in [1.807, 2.05) is 23.1 Å². The number of aliphatic hydroxyl groups excluding tert-OH is 1. The SMILES string of the molecule is COc1ccc2nccc(C(O)CN3CCC(N)C(F)C3)c2c1. The van der Waals surface area contributed by atoms with E-state index in [4.69, 9.17) is 10.5 Å². The lowest BCUT2D eigenvalue weighted by Gasteiger charge is -2.34. The number of aliphatic hydroxyl groups is 1. The van der Waals surface area contributed by atoms with Crippen molar-refractivity contribution in [2.45, 2.75) is 24.7 Å². The number of benzene rings is 1. The number of rotatable bonds is 4. The summed E-state index contributed by atoms with van der Waals surface area (Å²) >= 11 is 0. The van der Waals surface area contributed by atoms with E-state index in [2.05, 4.69) is 4.98 Å². The Hall–Kier alpha value is -1.76. The van der Waals surface area contributed by atoms with E-state index in [0.717, 1.165) is 16.5 Å². The van der Waals surface area contributed by atoms with Gasteiger partial charge in [-0.05, 0) is 42.8 Å². The molecule has 124 valence electrons. The smallest absolute Gasteiger partial charge is 0.128 e. The Kier molecular flexibility index (Phi) is 4.75. The molecule has 1 aliphatic heterocycles. The second-order valence-electron chi connectivity index (χ2n) is 6.03. The van der Waals surface area contributed by atoms with Gasteiger partial charge in [-0.25, -0.2) is 4.39 Å². The molecule has 1 aromatic carbocycles. The molecule has 0 aliphatic carbocycles. The molecular formula is C17H22FN3O2. The number of ether oxygens (including phenoxy) is 1. The Bertz CT molecular complexity index is 682. The van der Waals surface area contributed by atoms with Crippen LogP contribution in [0.1, 0.15) is 18.1 Å². The minimum absolute atomic E-state index is 0.268. The summed E-state index contributed by atoms with van der Waals surface area (Å²) < 4.78 is 19.0. The number of aromatic nitrogens is 1. The van der Waals surface area contributed by atoms with Gasteiger partial charge in [-0.1, -0.05) is 0 Å². The van der Waals surface area contributed by atoms with Gasteiger partial charge in [-0.15, -0.1) is 0 Å². The molecular weight excluding hydrogens is 297 g/mol. The van der Waals surface area contributed by atoms with Crippen LogP contribution >= 0.6 is 0 Å². The van der Waals surface area contributed by atoms with Gasteiger partial charge in [0.15, 0.2) is 0 Å². The van der Waals surface area contributed by atoms with Crippen LogP contribution in [0.25, 0.3) is 10.9 Å². The second kappa shape index (κ2) is 6.78. The van der Waals surface area contributed by atoms with Crippen molar-refractivity contribution in [3.05, 3.63) is 36.0 Å². The average molecular weight is 319 g/mol. The van der Waals surface area contributed by atoms with Crippen LogP contribution in [-0.4, -0.2) is 53.9 Å². The first-order chi connectivity index (χ1) is 11.1. The number of alkyl halides is 1. The molecule has 3 rings (SSSR count). The van der Waals surface area contributed by atoms with E-state index in [1.54, 1.807) is 19.4 Å². The molecule has 3 N–H and O–H groups in total. The highest BCUT2D eigenvalue weighted by Gasteiger charge is 2.28. The molecule has 1 aromatic heterocycles. The number of likely N-dealkylation sites (tertiary alicyclic amines) is 1. The number of halogens is 1. The molecule has 0 radical (unpaired) electrons. The van der Waals surface area contributed by atoms with Crippen molar-refractivity contribution < 1.29 is 14.2 Å². The molecule has 5 nitrogen and oxygen atoms in total. The Morgan fingerprint density at radius 1 is 1.48 bits per heavy atom. The summed E-state index contributed by atoms with van der Waals surface area (Å²) in [6.07, 6.45) is 0.537. The van der Waals surface area contributed by atoms with E-state index in [9.17, 15) is 9.50 Å². The van der Waals surface area contributed by atoms with Crippen LogP contribution in [0.15, 0.2) is 30.5 Å². The van der Waals surface area contributed by atoms with E-state index < -0.39 is 18.3 Å². The van der Waals surface area contributed by atoms with Crippen LogP contribution in [0.3, 0.4) is 0 Å². The first-order valence-electron chi connectivity index (χ1n) is 7.81. The number of pyridine rings is 1. The van der Waals surface area contributed by atoms with Gasteiger partial charge in [0, 0.05) is 30.7 Å². The number of hydrogen-bond acceptors (Lipinski definition) is 5. The quantitative estimate of drug-likeness (QED) is 0.896. The zero-order valence-electron chi connectivity index (χ0n) is 13.2. The molecule has 0 saturated carbocycles. The molecule has 0 bridgehead atoms. The molecule has 23 heavy (non-hydrogen) atoms. The first-order valence-corrected chi connectivity index (χ1v) is 7.81. The monoisotopic (exact) mass is 319 g/mol. The van der Waals surface area contributed by atoms with E-state index in [0.29, 0.717) is 25.3 Å². The Balaban J connectivity index is 1.81. The average Bonchev–Trinajstić information content (AvgIpc) is 2.57. The van der Waals surface area contributed by atoms with Gasteiger partial charge in [0.05, 0.1) is 18.7 Å². The summed E-state index contributed by atoms with van der Waals surface area (Å²) in [5, 5.41) is 11.5. The number of fused-ring (bicyclic) bond motifs is 1. The van der Waals surface area contributed by atoms with Crippen LogP contribution in [0, 0.1) is 0 Å². The first kappa shape index (κ1) is 16.1. The number of β-amino-alcohol motifs (C(OH)–C–C–N with tert-alkyl or cyclic N) is 1. The van der Waals surface area contributed by atoms with Crippen molar-refractivity contribution in [3.8, 4) is 5.75 Å². The lowest BCUT2D eigenvalue weighted by molar-refractivity contribution is 0.0651. The fourth-order valence-corrected chi connectivity index (χ4v) is 3.06. The van der Waals surface area contributed by atoms with Gasteiger partial charge < -0.3 is 15.6 Å². The third-order valence-corrected chi connectivity index (χ3v) is 4.45. The van der Waals surface area contributed by atoms with Crippen LogP contribution in [0.2, 0.25) is 0 Å². The predicted octanol–water partition coefficient (Wildman–Crippen LogP) is 1.65. The van der Waals surface area contributed by atoms with Gasteiger partial charge in [0.25, 0.3) is 0 Å². The zero-order chi connectivity index (χ0) is 16.4. The lowest BCUT2D eigenvalue weighted by Crippen LogP contribution is -2.49. The maximum atomic E-state index is 13.8. The van der Waals surface area contributed by atoms with Crippen molar-refractivity contribution in [1.82, 2.24) is 9.88 Å². The minimum Gasteiger partial charge on any atom is -0.497 e. The predicted molar refractivity (Wildman–Crippen MR) is 87.2 cm³/mol. The molecule has 0 amide bonds. The molecule has 2 aromatic rings. The summed E-state index contributed by atoms with van der Waals surface area (Å²) in [4.78, 5) is 6.23. The van der Waals surface area contributed by atoms with Crippen molar-refractivity contribution in [3.63, 3.8) is 0 Å². The highest BCUT2D eigenvalue weighted by Crippen LogP contribution is 2.27. The largest absolute Gasteiger partial charge is 0.497 e. The maximum absolute atomic E-state index is 13.8. The summed E-state index contributed by atoms with van der Waals surface area (Å²) in [5.41, 5.74) is 7.28. The van der Waals surface area contributed by atoms with Gasteiger partial charge >= 0.3 is 0 Å². The van der Waals surface area contributed by atoms with Gasteiger partial charge in [-0.3, -0.25) is 9.88 Å². The molecule has 2 heterocycles. The Morgan fingerprint density at radius 3 is 3.04 bits per heavy atom. The van der Waals surface area contributed by atoms with Crippen molar-refractivity contribution >= 4 is 10.9 Å². The highest BCUT2D eigenvalue weighted by molar-refractivity contribution is 5.83. The Morgan fingerprint density at radius 2 is 2.30 bits per heavy atom. The van der Waals surface area contributed by atoms with Gasteiger partial charge in [0.2, 0.25) is 0 Å². The highest BCUT2D eigenvalue weighted by atomic mass is 19.1. The zero-order valence-corrected chi connectivity index (χ0v) is 13.2. The topological polar surface area (TPSA) is 71.6 Å². The van der Waals surface area contributed by atoms with Crippen molar-refractivity contribution in [2.75, 3.05) is 26.7 Å². The molecule has 3 atom stereocenters. The van der Waals surface area contributed by atoms with Gasteiger partial charge in [-0.2, -0.15) is 0 Å². The standard InChI is InChI=1S/C17H22FN3O2/c1-23-11-2-3-16-13(8-11)12(4-6-20-16)17(22)10-21-7-5-15(19)14(18)9-21/h2-4,6,8,14-15,17,22H,5,7,9-10,19H2,1H3. The molecule has 1 fully saturated rings. The van der Waals surface area contributed by atoms with Crippen LogP contribution in [0.5, 0.6) is 5.75 Å². The second-order valence-corrected chi connectivity index (χ2v) is 6.03. The lowest BCUT2D eigenvalue weighted by atomic mass is 10.0. The molecule has 3 unspecified atom stereocenters. The Labute approximate surface area is 134 Å². The minimum atomic E-state index is -1.04. The number of hydrogen-bond donors (Lipinski definition) is 2.